The molecule has 0 bridgehead atoms. The molecular weight excluding hydrogens is 232 g/mol. The van der Waals surface area contributed by atoms with Crippen molar-refractivity contribution in [3.8, 4) is 0 Å². The maximum atomic E-state index is 10.9. The zero-order valence-electron chi connectivity index (χ0n) is 9.85. The van der Waals surface area contributed by atoms with Gasteiger partial charge in [-0.3, -0.25) is 0 Å². The number of hydrogen-bond donors (Lipinski definition) is 2. The highest BCUT2D eigenvalue weighted by atomic mass is 16.5. The van der Waals surface area contributed by atoms with E-state index >= 15 is 0 Å². The summed E-state index contributed by atoms with van der Waals surface area (Å²) in [5, 5.41) is 8.94. The minimum absolute atomic E-state index is 0.0134. The van der Waals surface area contributed by atoms with E-state index in [4.69, 9.17) is 9.84 Å². The zero-order valence-corrected chi connectivity index (χ0v) is 9.85. The van der Waals surface area contributed by atoms with Crippen LogP contribution in [0, 0.1) is 0 Å². The molecule has 18 heavy (non-hydrogen) atoms. The summed E-state index contributed by atoms with van der Waals surface area (Å²) in [5.41, 5.74) is 1.80. The Balaban J connectivity index is 1.97. The Labute approximate surface area is 104 Å². The van der Waals surface area contributed by atoms with E-state index in [1.54, 1.807) is 18.2 Å². The fourth-order valence-electron chi connectivity index (χ4n) is 2.27. The summed E-state index contributed by atoms with van der Waals surface area (Å²) >= 11 is 0. The number of aromatic nitrogens is 2. The van der Waals surface area contributed by atoms with Crippen molar-refractivity contribution >= 4 is 17.0 Å². The molecule has 0 aliphatic carbocycles. The highest BCUT2D eigenvalue weighted by Gasteiger charge is 2.19. The number of aromatic amines is 1. The second-order valence-corrected chi connectivity index (χ2v) is 4.51. The minimum atomic E-state index is -0.929. The van der Waals surface area contributed by atoms with Gasteiger partial charge in [-0.15, -0.1) is 0 Å². The number of fused-ring (bicyclic) bond motifs is 1. The van der Waals surface area contributed by atoms with Gasteiger partial charge in [0, 0.05) is 6.61 Å². The van der Waals surface area contributed by atoms with Crippen LogP contribution in [0.1, 0.15) is 41.5 Å². The number of rotatable bonds is 2. The second-order valence-electron chi connectivity index (χ2n) is 4.51. The third-order valence-electron chi connectivity index (χ3n) is 3.23. The lowest BCUT2D eigenvalue weighted by Crippen LogP contribution is -2.12. The Morgan fingerprint density at radius 1 is 1.44 bits per heavy atom. The molecule has 3 rings (SSSR count). The Kier molecular flexibility index (Phi) is 2.76. The van der Waals surface area contributed by atoms with Gasteiger partial charge in [-0.25, -0.2) is 9.78 Å². The number of aromatic carboxylic acids is 1. The van der Waals surface area contributed by atoms with Gasteiger partial charge in [-0.05, 0) is 37.5 Å². The third kappa shape index (κ3) is 1.97. The van der Waals surface area contributed by atoms with Gasteiger partial charge >= 0.3 is 5.97 Å². The number of ether oxygens (including phenoxy) is 1. The number of H-pyrrole nitrogens is 1. The van der Waals surface area contributed by atoms with Gasteiger partial charge in [0.25, 0.3) is 0 Å². The fourth-order valence-corrected chi connectivity index (χ4v) is 2.27. The molecule has 1 fully saturated rings. The zero-order chi connectivity index (χ0) is 12.5. The van der Waals surface area contributed by atoms with Gasteiger partial charge in [0.1, 0.15) is 11.9 Å². The summed E-state index contributed by atoms with van der Waals surface area (Å²) in [6.45, 7) is 0.766. The van der Waals surface area contributed by atoms with E-state index in [-0.39, 0.29) is 11.7 Å². The predicted octanol–water partition coefficient (Wildman–Crippen LogP) is 2.50. The topological polar surface area (TPSA) is 75.2 Å². The van der Waals surface area contributed by atoms with Crippen LogP contribution in [0.3, 0.4) is 0 Å². The van der Waals surface area contributed by atoms with Crippen LogP contribution in [0.25, 0.3) is 11.0 Å². The SMILES string of the molecule is O=C(O)c1ccc2nc(C3CCCCO3)[nH]c2c1. The average molecular weight is 246 g/mol. The van der Waals surface area contributed by atoms with Crippen LogP contribution in [0.2, 0.25) is 0 Å². The first-order valence-electron chi connectivity index (χ1n) is 6.08. The Morgan fingerprint density at radius 3 is 3.06 bits per heavy atom. The molecular formula is C13H14N2O3. The average Bonchev–Trinajstić information content (AvgIpc) is 2.82. The van der Waals surface area contributed by atoms with Gasteiger partial charge in [-0.1, -0.05) is 0 Å². The quantitative estimate of drug-likeness (QED) is 0.853. The summed E-state index contributed by atoms with van der Waals surface area (Å²) in [7, 11) is 0. The summed E-state index contributed by atoms with van der Waals surface area (Å²) in [6.07, 6.45) is 3.22. The molecule has 1 unspecified atom stereocenters. The normalized spacial score (nSPS) is 20.1. The van der Waals surface area contributed by atoms with Gasteiger partial charge in [0.2, 0.25) is 0 Å². The van der Waals surface area contributed by atoms with E-state index in [0.717, 1.165) is 42.7 Å². The van der Waals surface area contributed by atoms with Crippen LogP contribution in [-0.2, 0) is 4.74 Å². The molecule has 1 atom stereocenters. The number of carboxylic acid groups (broad SMARTS) is 1. The Hall–Kier alpha value is -1.88. The molecule has 0 saturated carbocycles. The first kappa shape index (κ1) is 11.2. The van der Waals surface area contributed by atoms with Crippen LogP contribution in [0.5, 0.6) is 0 Å². The molecule has 0 amide bonds. The molecule has 0 spiro atoms. The molecule has 1 saturated heterocycles. The van der Waals surface area contributed by atoms with E-state index in [2.05, 4.69) is 9.97 Å². The van der Waals surface area contributed by atoms with E-state index < -0.39 is 5.97 Å². The number of nitrogens with one attached hydrogen (secondary N) is 1. The van der Waals surface area contributed by atoms with Crippen molar-refractivity contribution < 1.29 is 14.6 Å². The van der Waals surface area contributed by atoms with Crippen molar-refractivity contribution in [3.05, 3.63) is 29.6 Å². The molecule has 2 aromatic rings. The Bertz CT molecular complexity index is 585. The van der Waals surface area contributed by atoms with Gasteiger partial charge in [0.05, 0.1) is 16.6 Å². The molecule has 0 radical (unpaired) electrons. The second kappa shape index (κ2) is 4.42. The third-order valence-corrected chi connectivity index (χ3v) is 3.23. The summed E-state index contributed by atoms with van der Waals surface area (Å²) in [5.74, 6) is -0.130. The highest BCUT2D eigenvalue weighted by molar-refractivity contribution is 5.92. The van der Waals surface area contributed by atoms with Crippen molar-refractivity contribution in [2.45, 2.75) is 25.4 Å². The lowest BCUT2D eigenvalue weighted by atomic mass is 10.1. The number of carbonyl (C=O) groups is 1. The van der Waals surface area contributed by atoms with Crippen molar-refractivity contribution in [2.24, 2.45) is 0 Å². The summed E-state index contributed by atoms with van der Waals surface area (Å²) in [6, 6.07) is 4.90. The lowest BCUT2D eigenvalue weighted by molar-refractivity contribution is 0.0101. The number of carboxylic acids is 1. The molecule has 2 N–H and O–H groups in total. The van der Waals surface area contributed by atoms with E-state index in [0.29, 0.717) is 0 Å². The van der Waals surface area contributed by atoms with Crippen LogP contribution in [0.4, 0.5) is 0 Å². The standard InChI is InChI=1S/C13H14N2O3/c16-13(17)8-4-5-9-10(7-8)15-12(14-9)11-3-1-2-6-18-11/h4-5,7,11H,1-3,6H2,(H,14,15)(H,16,17). The molecule has 1 aromatic heterocycles. The van der Waals surface area contributed by atoms with Crippen molar-refractivity contribution in [1.29, 1.82) is 0 Å². The number of imidazole rings is 1. The predicted molar refractivity (Wildman–Crippen MR) is 65.6 cm³/mol. The van der Waals surface area contributed by atoms with Crippen molar-refractivity contribution in [3.63, 3.8) is 0 Å². The fraction of sp³-hybridized carbons (Fsp3) is 0.385. The van der Waals surface area contributed by atoms with E-state index in [9.17, 15) is 4.79 Å². The maximum absolute atomic E-state index is 10.9. The first-order chi connectivity index (χ1) is 8.74. The molecule has 1 aromatic carbocycles. The van der Waals surface area contributed by atoms with E-state index in [1.807, 2.05) is 0 Å². The largest absolute Gasteiger partial charge is 0.478 e. The molecule has 1 aliphatic heterocycles. The molecule has 5 heteroatoms. The molecule has 5 nitrogen and oxygen atoms in total. The van der Waals surface area contributed by atoms with Gasteiger partial charge in [-0.2, -0.15) is 0 Å². The highest BCUT2D eigenvalue weighted by Crippen LogP contribution is 2.27. The summed E-state index contributed by atoms with van der Waals surface area (Å²) < 4.78 is 5.66. The van der Waals surface area contributed by atoms with Crippen LogP contribution >= 0.6 is 0 Å². The maximum Gasteiger partial charge on any atom is 0.335 e. The van der Waals surface area contributed by atoms with Crippen molar-refractivity contribution in [1.82, 2.24) is 9.97 Å². The Morgan fingerprint density at radius 2 is 2.33 bits per heavy atom. The van der Waals surface area contributed by atoms with Gasteiger partial charge < -0.3 is 14.8 Å². The number of benzene rings is 1. The lowest BCUT2D eigenvalue weighted by Gasteiger charge is -2.20. The van der Waals surface area contributed by atoms with Gasteiger partial charge in [0.15, 0.2) is 0 Å². The first-order valence-corrected chi connectivity index (χ1v) is 6.08. The van der Waals surface area contributed by atoms with Crippen molar-refractivity contribution in [2.75, 3.05) is 6.61 Å². The minimum Gasteiger partial charge on any atom is -0.478 e. The molecule has 2 heterocycles. The molecule has 94 valence electrons. The van der Waals surface area contributed by atoms with Crippen LogP contribution in [-0.4, -0.2) is 27.7 Å². The summed E-state index contributed by atoms with van der Waals surface area (Å²) in [4.78, 5) is 18.5. The smallest absolute Gasteiger partial charge is 0.335 e. The number of nitrogens with zero attached hydrogens (tertiary/aromatic N) is 1. The number of hydrogen-bond acceptors (Lipinski definition) is 3. The van der Waals surface area contributed by atoms with E-state index in [1.165, 1.54) is 0 Å². The monoisotopic (exact) mass is 246 g/mol. The van der Waals surface area contributed by atoms with Crippen LogP contribution in [0.15, 0.2) is 18.2 Å². The van der Waals surface area contributed by atoms with Crippen LogP contribution < -0.4 is 0 Å². The molecule has 1 aliphatic rings.